The Morgan fingerprint density at radius 2 is 2.07 bits per heavy atom. The number of hydrogen-bond donors (Lipinski definition) is 3. The van der Waals surface area contributed by atoms with Crippen LogP contribution in [0, 0.1) is 5.92 Å². The van der Waals surface area contributed by atoms with Crippen LogP contribution in [0.1, 0.15) is 13.8 Å². The number of hydrogen-bond acceptors (Lipinski definition) is 4. The molecule has 0 saturated heterocycles. The first-order valence-electron chi connectivity index (χ1n) is 5.13. The highest BCUT2D eigenvalue weighted by Gasteiger charge is 2.05. The molecule has 5 heteroatoms. The number of primary amides is 1. The Labute approximate surface area is 91.5 Å². The van der Waals surface area contributed by atoms with Crippen molar-refractivity contribution in [3.63, 3.8) is 0 Å². The predicted molar refractivity (Wildman–Crippen MR) is 61.8 cm³/mol. The molecule has 0 aliphatic carbocycles. The summed E-state index contributed by atoms with van der Waals surface area (Å²) < 4.78 is 0. The molecular formula is C10H22N4O. The highest BCUT2D eigenvalue weighted by molar-refractivity contribution is 5.90. The molecule has 0 spiro atoms. The van der Waals surface area contributed by atoms with Crippen LogP contribution >= 0.6 is 0 Å². The number of amides is 1. The highest BCUT2D eigenvalue weighted by atomic mass is 16.1. The molecule has 0 aliphatic rings. The zero-order chi connectivity index (χ0) is 11.8. The molecule has 15 heavy (non-hydrogen) atoms. The van der Waals surface area contributed by atoms with Gasteiger partial charge in [0, 0.05) is 25.8 Å². The summed E-state index contributed by atoms with van der Waals surface area (Å²) in [5.41, 5.74) is 10.7. The van der Waals surface area contributed by atoms with E-state index < -0.39 is 5.91 Å². The minimum atomic E-state index is -0.576. The summed E-state index contributed by atoms with van der Waals surface area (Å²) in [7, 11) is 1.88. The second kappa shape index (κ2) is 7.11. The molecule has 1 amide bonds. The van der Waals surface area contributed by atoms with E-state index in [1.165, 1.54) is 0 Å². The molecule has 0 radical (unpaired) electrons. The van der Waals surface area contributed by atoms with E-state index in [0.29, 0.717) is 5.92 Å². The van der Waals surface area contributed by atoms with Gasteiger partial charge in [0.1, 0.15) is 5.70 Å². The number of likely N-dealkylation sites (N-methyl/N-ethyl adjacent to an activating group) is 1. The smallest absolute Gasteiger partial charge is 0.266 e. The van der Waals surface area contributed by atoms with Crippen LogP contribution in [0.4, 0.5) is 0 Å². The molecule has 88 valence electrons. The lowest BCUT2D eigenvalue weighted by Gasteiger charge is -2.22. The van der Waals surface area contributed by atoms with Gasteiger partial charge in [-0.1, -0.05) is 13.8 Å². The third-order valence-corrected chi connectivity index (χ3v) is 1.85. The van der Waals surface area contributed by atoms with Crippen molar-refractivity contribution in [3.8, 4) is 0 Å². The van der Waals surface area contributed by atoms with E-state index in [9.17, 15) is 4.79 Å². The van der Waals surface area contributed by atoms with E-state index >= 15 is 0 Å². The van der Waals surface area contributed by atoms with Gasteiger partial charge in [-0.3, -0.25) is 4.79 Å². The summed E-state index contributed by atoms with van der Waals surface area (Å²) in [5, 5.41) is 3.05. The fourth-order valence-electron chi connectivity index (χ4n) is 1.19. The van der Waals surface area contributed by atoms with Gasteiger partial charge in [0.15, 0.2) is 0 Å². The van der Waals surface area contributed by atoms with E-state index in [4.69, 9.17) is 11.5 Å². The van der Waals surface area contributed by atoms with Gasteiger partial charge in [-0.15, -0.1) is 0 Å². The van der Waals surface area contributed by atoms with E-state index in [1.807, 2.05) is 11.9 Å². The average molecular weight is 214 g/mol. The summed E-state index contributed by atoms with van der Waals surface area (Å²) in [6.45, 7) is 6.73. The van der Waals surface area contributed by atoms with Crippen LogP contribution in [0.15, 0.2) is 11.9 Å². The van der Waals surface area contributed by atoms with E-state index in [-0.39, 0.29) is 5.70 Å². The van der Waals surface area contributed by atoms with Crippen molar-refractivity contribution < 1.29 is 4.79 Å². The van der Waals surface area contributed by atoms with Gasteiger partial charge in [0.2, 0.25) is 0 Å². The van der Waals surface area contributed by atoms with Gasteiger partial charge in [0.05, 0.1) is 0 Å². The quantitative estimate of drug-likeness (QED) is 0.496. The molecule has 0 unspecified atom stereocenters. The van der Waals surface area contributed by atoms with Crippen LogP contribution in [0.3, 0.4) is 0 Å². The van der Waals surface area contributed by atoms with Crippen molar-refractivity contribution in [1.82, 2.24) is 10.2 Å². The Balaban J connectivity index is 4.34. The van der Waals surface area contributed by atoms with Gasteiger partial charge in [-0.25, -0.2) is 0 Å². The van der Waals surface area contributed by atoms with Gasteiger partial charge < -0.3 is 21.7 Å². The maximum Gasteiger partial charge on any atom is 0.266 e. The number of rotatable bonds is 7. The SMILES string of the molecule is CNCCN(/C=C(\N)C(N)=O)CC(C)C. The fourth-order valence-corrected chi connectivity index (χ4v) is 1.19. The van der Waals surface area contributed by atoms with E-state index in [2.05, 4.69) is 19.2 Å². The normalized spacial score (nSPS) is 11.9. The summed E-state index contributed by atoms with van der Waals surface area (Å²) in [6, 6.07) is 0. The van der Waals surface area contributed by atoms with Gasteiger partial charge in [-0.05, 0) is 13.0 Å². The molecule has 0 bridgehead atoms. The summed E-state index contributed by atoms with van der Waals surface area (Å²) in [6.07, 6.45) is 1.62. The molecular weight excluding hydrogens is 192 g/mol. The van der Waals surface area contributed by atoms with Crippen molar-refractivity contribution in [3.05, 3.63) is 11.9 Å². The largest absolute Gasteiger partial charge is 0.393 e. The maximum absolute atomic E-state index is 10.8. The van der Waals surface area contributed by atoms with Gasteiger partial charge in [-0.2, -0.15) is 0 Å². The van der Waals surface area contributed by atoms with Crippen molar-refractivity contribution >= 4 is 5.91 Å². The van der Waals surface area contributed by atoms with Gasteiger partial charge >= 0.3 is 0 Å². The summed E-state index contributed by atoms with van der Waals surface area (Å²) >= 11 is 0. The molecule has 0 fully saturated rings. The maximum atomic E-state index is 10.8. The molecule has 0 aromatic rings. The molecule has 0 atom stereocenters. The monoisotopic (exact) mass is 214 g/mol. The lowest BCUT2D eigenvalue weighted by Crippen LogP contribution is -2.32. The van der Waals surface area contributed by atoms with Crippen molar-refractivity contribution in [2.45, 2.75) is 13.8 Å². The van der Waals surface area contributed by atoms with Crippen LogP contribution in [-0.4, -0.2) is 37.5 Å². The first-order chi connectivity index (χ1) is 6.97. The van der Waals surface area contributed by atoms with Crippen LogP contribution in [0.25, 0.3) is 0 Å². The van der Waals surface area contributed by atoms with Crippen LogP contribution in [-0.2, 0) is 4.79 Å². The first-order valence-corrected chi connectivity index (χ1v) is 5.13. The molecule has 0 heterocycles. The second-order valence-electron chi connectivity index (χ2n) is 3.94. The van der Waals surface area contributed by atoms with Crippen LogP contribution in [0.2, 0.25) is 0 Å². The summed E-state index contributed by atoms with van der Waals surface area (Å²) in [4.78, 5) is 12.8. The van der Waals surface area contributed by atoms with E-state index in [0.717, 1.165) is 19.6 Å². The third kappa shape index (κ3) is 6.79. The standard InChI is InChI=1S/C10H22N4O/c1-8(2)6-14(5-4-13-3)7-9(11)10(12)15/h7-8,13H,4-6,11H2,1-3H3,(H2,12,15)/b9-7-. The minimum absolute atomic E-state index is 0.103. The molecule has 0 saturated carbocycles. The molecule has 0 rings (SSSR count). The Kier molecular flexibility index (Phi) is 6.53. The number of nitrogens with zero attached hydrogens (tertiary/aromatic N) is 1. The molecule has 5 N–H and O–H groups in total. The number of carbonyl (C=O) groups is 1. The number of nitrogens with one attached hydrogen (secondary N) is 1. The molecule has 5 nitrogen and oxygen atoms in total. The predicted octanol–water partition coefficient (Wildman–Crippen LogP) is -0.551. The number of nitrogens with two attached hydrogens (primary N) is 2. The van der Waals surface area contributed by atoms with Gasteiger partial charge in [0.25, 0.3) is 5.91 Å². The lowest BCUT2D eigenvalue weighted by atomic mass is 10.2. The molecule has 0 aromatic heterocycles. The van der Waals surface area contributed by atoms with Crippen molar-refractivity contribution in [2.24, 2.45) is 17.4 Å². The zero-order valence-corrected chi connectivity index (χ0v) is 9.79. The zero-order valence-electron chi connectivity index (χ0n) is 9.79. The van der Waals surface area contributed by atoms with Crippen molar-refractivity contribution in [1.29, 1.82) is 0 Å². The fraction of sp³-hybridized carbons (Fsp3) is 0.700. The second-order valence-corrected chi connectivity index (χ2v) is 3.94. The minimum Gasteiger partial charge on any atom is -0.393 e. The van der Waals surface area contributed by atoms with Crippen LogP contribution in [0.5, 0.6) is 0 Å². The lowest BCUT2D eigenvalue weighted by molar-refractivity contribution is -0.114. The molecule has 0 aliphatic heterocycles. The Morgan fingerprint density at radius 3 is 2.47 bits per heavy atom. The van der Waals surface area contributed by atoms with Crippen molar-refractivity contribution in [2.75, 3.05) is 26.7 Å². The first kappa shape index (κ1) is 13.8. The highest BCUT2D eigenvalue weighted by Crippen LogP contribution is 2.00. The Hall–Kier alpha value is -1.23. The van der Waals surface area contributed by atoms with Crippen LogP contribution < -0.4 is 16.8 Å². The Bertz CT molecular complexity index is 225. The van der Waals surface area contributed by atoms with E-state index in [1.54, 1.807) is 6.20 Å². The third-order valence-electron chi connectivity index (χ3n) is 1.85. The Morgan fingerprint density at radius 1 is 1.47 bits per heavy atom. The average Bonchev–Trinajstić information content (AvgIpc) is 2.13. The topological polar surface area (TPSA) is 84.4 Å². The summed E-state index contributed by atoms with van der Waals surface area (Å²) in [5.74, 6) is -0.0630. The number of carbonyl (C=O) groups excluding carboxylic acids is 1. The molecule has 0 aromatic carbocycles.